The largest absolute Gasteiger partial charge is 0.464 e. The van der Waals surface area contributed by atoms with E-state index in [2.05, 4.69) is 15.2 Å². The van der Waals surface area contributed by atoms with Crippen molar-refractivity contribution in [3.63, 3.8) is 0 Å². The standard InChI is InChI=1S/C27H35N6O8P/c1-4-18(5-2)13-38-26(36)17(3)32-42(37,41-19-9-7-6-8-10-19)39-14-21-23(34)24(35)27(15-28,40-21)22-12-11-20-25(29)30-16-31-33(20)22/h6-12,16-18,21,23-24,34-35H,4-5,13-14H2,1-3H3,(H,32,37)(H2,29,30,31)/t17-,21+,23+,24+,27?,42+/m0/s1. The summed E-state index contributed by atoms with van der Waals surface area (Å²) in [4.78, 5) is 16.6. The van der Waals surface area contributed by atoms with Crippen LogP contribution in [-0.2, 0) is 29.0 Å². The molecule has 1 aliphatic heterocycles. The Labute approximate surface area is 242 Å². The molecule has 3 heterocycles. The van der Waals surface area contributed by atoms with Crippen molar-refractivity contribution in [3.8, 4) is 11.8 Å². The molecule has 1 saturated heterocycles. The van der Waals surface area contributed by atoms with Crippen molar-refractivity contribution in [3.05, 3.63) is 54.5 Å². The predicted octanol–water partition coefficient (Wildman–Crippen LogP) is 2.31. The molecule has 0 radical (unpaired) electrons. The molecule has 0 saturated carbocycles. The highest BCUT2D eigenvalue weighted by atomic mass is 31.2. The Morgan fingerprint density at radius 1 is 1.26 bits per heavy atom. The molecule has 0 bridgehead atoms. The van der Waals surface area contributed by atoms with E-state index in [4.69, 9.17) is 24.3 Å². The highest BCUT2D eigenvalue weighted by Crippen LogP contribution is 2.47. The zero-order valence-corrected chi connectivity index (χ0v) is 24.4. The van der Waals surface area contributed by atoms with E-state index in [0.29, 0.717) is 5.52 Å². The molecular formula is C27H35N6O8P. The first-order valence-corrected chi connectivity index (χ1v) is 15.1. The van der Waals surface area contributed by atoms with Crippen molar-refractivity contribution in [1.82, 2.24) is 19.7 Å². The molecular weight excluding hydrogens is 567 g/mol. The number of benzene rings is 1. The van der Waals surface area contributed by atoms with Crippen LogP contribution in [0.1, 0.15) is 39.3 Å². The molecule has 0 amide bonds. The molecule has 3 aromatic rings. The Balaban J connectivity index is 1.53. The first-order chi connectivity index (χ1) is 20.1. The number of nitrogen functional groups attached to an aromatic ring is 1. The van der Waals surface area contributed by atoms with Crippen LogP contribution in [-0.4, -0.2) is 68.3 Å². The zero-order valence-electron chi connectivity index (χ0n) is 23.5. The predicted molar refractivity (Wildman–Crippen MR) is 150 cm³/mol. The maximum absolute atomic E-state index is 13.9. The van der Waals surface area contributed by atoms with Gasteiger partial charge in [-0.1, -0.05) is 44.9 Å². The summed E-state index contributed by atoms with van der Waals surface area (Å²) in [5.74, 6) is -0.143. The van der Waals surface area contributed by atoms with E-state index in [-0.39, 0.29) is 29.8 Å². The number of nitrogens with zero attached hydrogens (tertiary/aromatic N) is 4. The van der Waals surface area contributed by atoms with E-state index < -0.39 is 50.3 Å². The maximum atomic E-state index is 13.9. The van der Waals surface area contributed by atoms with E-state index in [1.807, 2.05) is 19.9 Å². The van der Waals surface area contributed by atoms with E-state index in [0.717, 1.165) is 12.8 Å². The van der Waals surface area contributed by atoms with Gasteiger partial charge in [0.1, 0.15) is 48.0 Å². The third kappa shape index (κ3) is 6.42. The van der Waals surface area contributed by atoms with Gasteiger partial charge in [-0.25, -0.2) is 14.1 Å². The summed E-state index contributed by atoms with van der Waals surface area (Å²) in [6, 6.07) is 12.0. The molecule has 42 heavy (non-hydrogen) atoms. The van der Waals surface area contributed by atoms with Gasteiger partial charge in [0.15, 0.2) is 5.82 Å². The Morgan fingerprint density at radius 3 is 2.64 bits per heavy atom. The minimum atomic E-state index is -4.32. The van der Waals surface area contributed by atoms with Crippen LogP contribution in [0.2, 0.25) is 0 Å². The quantitative estimate of drug-likeness (QED) is 0.164. The third-order valence-corrected chi connectivity index (χ3v) is 8.83. The average Bonchev–Trinajstić information content (AvgIpc) is 3.53. The van der Waals surface area contributed by atoms with E-state index in [9.17, 15) is 24.8 Å². The van der Waals surface area contributed by atoms with Gasteiger partial charge in [-0.3, -0.25) is 9.32 Å². The molecule has 1 aromatic carbocycles. The highest BCUT2D eigenvalue weighted by molar-refractivity contribution is 7.52. The summed E-state index contributed by atoms with van der Waals surface area (Å²) in [7, 11) is -4.32. The number of para-hydroxylation sites is 1. The van der Waals surface area contributed by atoms with Gasteiger partial charge in [0, 0.05) is 0 Å². The van der Waals surface area contributed by atoms with Crippen molar-refractivity contribution >= 4 is 25.1 Å². The lowest BCUT2D eigenvalue weighted by molar-refractivity contribution is -0.146. The molecule has 0 aliphatic carbocycles. The molecule has 0 spiro atoms. The molecule has 1 aliphatic rings. The minimum absolute atomic E-state index is 0.0961. The highest BCUT2D eigenvalue weighted by Gasteiger charge is 2.58. The third-order valence-electron chi connectivity index (χ3n) is 7.19. The van der Waals surface area contributed by atoms with Crippen LogP contribution in [0, 0.1) is 17.2 Å². The van der Waals surface area contributed by atoms with Gasteiger partial charge < -0.3 is 29.9 Å². The number of esters is 1. The molecule has 5 N–H and O–H groups in total. The number of aromatic nitrogens is 3. The molecule has 1 fully saturated rings. The van der Waals surface area contributed by atoms with Crippen molar-refractivity contribution in [2.75, 3.05) is 18.9 Å². The zero-order chi connectivity index (χ0) is 30.5. The SMILES string of the molecule is CCC(CC)COC(=O)[C@H](C)N[P@@](=O)(OC[C@H]1OC(C#N)(c2ccc3c(N)ncnn23)[C@H](O)[C@@H]1O)Oc1ccccc1. The van der Waals surface area contributed by atoms with Crippen molar-refractivity contribution in [1.29, 1.82) is 5.26 Å². The number of nitriles is 1. The maximum Gasteiger partial charge on any atom is 0.459 e. The molecule has 6 atom stereocenters. The van der Waals surface area contributed by atoms with Crippen LogP contribution in [0.15, 0.2) is 48.8 Å². The Morgan fingerprint density at radius 2 is 1.98 bits per heavy atom. The van der Waals surface area contributed by atoms with Crippen molar-refractivity contribution < 1.29 is 38.1 Å². The molecule has 226 valence electrons. The number of hydrogen-bond donors (Lipinski definition) is 4. The number of nitrogens with one attached hydrogen (secondary N) is 1. The summed E-state index contributed by atoms with van der Waals surface area (Å²) in [5, 5.41) is 38.7. The number of nitrogens with two attached hydrogens (primary N) is 1. The molecule has 15 heteroatoms. The number of fused-ring (bicyclic) bond motifs is 1. The summed E-state index contributed by atoms with van der Waals surface area (Å²) in [6.45, 7) is 5.08. The van der Waals surface area contributed by atoms with Gasteiger partial charge in [0.2, 0.25) is 5.60 Å². The molecule has 14 nitrogen and oxygen atoms in total. The Kier molecular flexibility index (Phi) is 9.83. The van der Waals surface area contributed by atoms with Crippen LogP contribution in [0.25, 0.3) is 5.52 Å². The lowest BCUT2D eigenvalue weighted by atomic mass is 9.92. The van der Waals surface area contributed by atoms with E-state index in [1.54, 1.807) is 36.4 Å². The number of aliphatic hydroxyl groups is 2. The summed E-state index contributed by atoms with van der Waals surface area (Å²) >= 11 is 0. The number of carbonyl (C=O) groups excluding carboxylic acids is 1. The van der Waals surface area contributed by atoms with Crippen molar-refractivity contribution in [2.24, 2.45) is 5.92 Å². The average molecular weight is 603 g/mol. The molecule has 4 rings (SSSR count). The smallest absolute Gasteiger partial charge is 0.459 e. The first kappa shape index (κ1) is 31.4. The number of hydrogen-bond acceptors (Lipinski definition) is 12. The number of aliphatic hydroxyl groups excluding tert-OH is 2. The second-order valence-electron chi connectivity index (χ2n) is 9.96. The summed E-state index contributed by atoms with van der Waals surface area (Å²) in [5.41, 5.74) is 4.28. The second-order valence-corrected chi connectivity index (χ2v) is 11.7. The lowest BCUT2D eigenvalue weighted by Gasteiger charge is -2.25. The fourth-order valence-electron chi connectivity index (χ4n) is 4.57. The number of anilines is 1. The monoisotopic (exact) mass is 602 g/mol. The first-order valence-electron chi connectivity index (χ1n) is 13.5. The number of rotatable bonds is 13. The lowest BCUT2D eigenvalue weighted by Crippen LogP contribution is -2.41. The van der Waals surface area contributed by atoms with Crippen LogP contribution in [0.3, 0.4) is 0 Å². The summed E-state index contributed by atoms with van der Waals surface area (Å²) < 4.78 is 37.8. The fraction of sp³-hybridized carbons (Fsp3) is 0.481. The van der Waals surface area contributed by atoms with Gasteiger partial charge in [-0.2, -0.15) is 15.4 Å². The molecule has 2 aromatic heterocycles. The second kappa shape index (κ2) is 13.2. The van der Waals surface area contributed by atoms with E-state index in [1.165, 1.54) is 23.8 Å². The summed E-state index contributed by atoms with van der Waals surface area (Å²) in [6.07, 6.45) is -1.87. The normalized spacial score (nSPS) is 24.3. The topological polar surface area (TPSA) is 204 Å². The van der Waals surface area contributed by atoms with Crippen LogP contribution < -0.4 is 15.3 Å². The van der Waals surface area contributed by atoms with Gasteiger partial charge in [0.05, 0.1) is 18.9 Å². The van der Waals surface area contributed by atoms with Gasteiger partial charge in [0.25, 0.3) is 0 Å². The van der Waals surface area contributed by atoms with Crippen molar-refractivity contribution in [2.45, 2.75) is 63.6 Å². The van der Waals surface area contributed by atoms with E-state index >= 15 is 0 Å². The minimum Gasteiger partial charge on any atom is -0.464 e. The Hall–Kier alpha value is -3.57. The van der Waals surface area contributed by atoms with Crippen LogP contribution >= 0.6 is 7.75 Å². The van der Waals surface area contributed by atoms with Crippen LogP contribution in [0.4, 0.5) is 5.82 Å². The fourth-order valence-corrected chi connectivity index (χ4v) is 6.07. The Bertz CT molecular complexity index is 1460. The van der Waals surface area contributed by atoms with Crippen LogP contribution in [0.5, 0.6) is 5.75 Å². The number of carbonyl (C=O) groups is 1. The molecule has 1 unspecified atom stereocenters. The van der Waals surface area contributed by atoms with Gasteiger partial charge in [-0.05, 0) is 37.1 Å². The van der Waals surface area contributed by atoms with Gasteiger partial charge >= 0.3 is 13.7 Å². The van der Waals surface area contributed by atoms with Gasteiger partial charge in [-0.15, -0.1) is 0 Å². The number of ether oxygens (including phenoxy) is 2.